The molecule has 78 valence electrons. The van der Waals surface area contributed by atoms with Gasteiger partial charge in [-0.2, -0.15) is 0 Å². The zero-order valence-electron chi connectivity index (χ0n) is 8.35. The van der Waals surface area contributed by atoms with Gasteiger partial charge in [-0.05, 0) is 18.9 Å². The number of aliphatic hydroxyl groups is 1. The number of hydrogen-bond acceptors (Lipinski definition) is 3. The summed E-state index contributed by atoms with van der Waals surface area (Å²) in [5, 5.41) is 8.59. The van der Waals surface area contributed by atoms with Gasteiger partial charge in [-0.15, -0.1) is 0 Å². The third kappa shape index (κ3) is 2.16. The van der Waals surface area contributed by atoms with E-state index in [9.17, 15) is 0 Å². The van der Waals surface area contributed by atoms with E-state index < -0.39 is 0 Å². The molecule has 3 nitrogen and oxygen atoms in total. The molecule has 0 spiro atoms. The van der Waals surface area contributed by atoms with Crippen molar-refractivity contribution < 1.29 is 9.84 Å². The fourth-order valence-corrected chi connectivity index (χ4v) is 1.81. The Balaban J connectivity index is 1.72. The van der Waals surface area contributed by atoms with Gasteiger partial charge in [0.25, 0.3) is 0 Å². The molecule has 2 aliphatic rings. The summed E-state index contributed by atoms with van der Waals surface area (Å²) in [7, 11) is 0. The van der Waals surface area contributed by atoms with Gasteiger partial charge in [0.1, 0.15) is 0 Å². The Bertz CT molecular complexity index is 242. The Morgan fingerprint density at radius 2 is 2.29 bits per heavy atom. The molecule has 0 aromatic heterocycles. The van der Waals surface area contributed by atoms with Crippen molar-refractivity contribution in [2.75, 3.05) is 26.3 Å². The Hall–Kier alpha value is -0.800. The van der Waals surface area contributed by atoms with Crippen LogP contribution in [0.1, 0.15) is 12.8 Å². The number of aliphatic hydroxyl groups excluding tert-OH is 1. The lowest BCUT2D eigenvalue weighted by atomic mass is 10.1. The lowest BCUT2D eigenvalue weighted by Crippen LogP contribution is -2.51. The fraction of sp³-hybridized carbons (Fsp3) is 0.636. The maximum absolute atomic E-state index is 8.59. The number of likely N-dealkylation sites (tertiary alicyclic amines) is 1. The lowest BCUT2D eigenvalue weighted by molar-refractivity contribution is -0.0488. The van der Waals surface area contributed by atoms with Crippen molar-refractivity contribution in [3.8, 4) is 0 Å². The molecule has 1 aliphatic heterocycles. The molecular weight excluding hydrogens is 178 g/mol. The molecule has 0 aromatic rings. The molecule has 3 heteroatoms. The zero-order valence-corrected chi connectivity index (χ0v) is 8.35. The van der Waals surface area contributed by atoms with Crippen molar-refractivity contribution in [1.29, 1.82) is 0 Å². The maximum atomic E-state index is 8.59. The second-order valence-electron chi connectivity index (χ2n) is 3.73. The van der Waals surface area contributed by atoms with Crippen molar-refractivity contribution in [2.45, 2.75) is 18.9 Å². The normalized spacial score (nSPS) is 22.1. The van der Waals surface area contributed by atoms with Crippen LogP contribution in [-0.4, -0.2) is 42.4 Å². The average Bonchev–Trinajstić information content (AvgIpc) is 2.17. The largest absolute Gasteiger partial charge is 0.394 e. The smallest absolute Gasteiger partial charge is 0.0925 e. The van der Waals surface area contributed by atoms with Crippen molar-refractivity contribution >= 4 is 0 Å². The average molecular weight is 195 g/mol. The second kappa shape index (κ2) is 4.62. The molecule has 0 unspecified atom stereocenters. The van der Waals surface area contributed by atoms with E-state index in [4.69, 9.17) is 9.84 Å². The van der Waals surface area contributed by atoms with E-state index in [1.54, 1.807) is 0 Å². The molecule has 14 heavy (non-hydrogen) atoms. The number of hydrogen-bond donors (Lipinski definition) is 1. The highest BCUT2D eigenvalue weighted by molar-refractivity contribution is 5.23. The highest BCUT2D eigenvalue weighted by Gasteiger charge is 2.27. The first kappa shape index (κ1) is 9.74. The van der Waals surface area contributed by atoms with E-state index >= 15 is 0 Å². The number of ether oxygens (including phenoxy) is 1. The Labute approximate surface area is 84.7 Å². The van der Waals surface area contributed by atoms with Crippen molar-refractivity contribution in [3.05, 3.63) is 23.9 Å². The van der Waals surface area contributed by atoms with Crippen LogP contribution in [0.3, 0.4) is 0 Å². The molecule has 1 saturated heterocycles. The van der Waals surface area contributed by atoms with E-state index in [1.807, 2.05) is 0 Å². The zero-order chi connectivity index (χ0) is 9.80. The molecule has 1 heterocycles. The quantitative estimate of drug-likeness (QED) is 0.724. The van der Waals surface area contributed by atoms with E-state index in [0.29, 0.717) is 12.7 Å². The molecule has 1 fully saturated rings. The lowest BCUT2D eigenvalue weighted by Gasteiger charge is -2.41. The standard InChI is InChI=1S/C11H17NO2/c13-6-7-14-11-8-12(9-11)10-4-2-1-3-5-10/h2,4-5,11,13H,1,3,6-9H2. The first-order valence-electron chi connectivity index (χ1n) is 5.24. The molecule has 2 rings (SSSR count). The highest BCUT2D eigenvalue weighted by atomic mass is 16.5. The van der Waals surface area contributed by atoms with Crippen LogP contribution in [0.5, 0.6) is 0 Å². The topological polar surface area (TPSA) is 32.7 Å². The monoisotopic (exact) mass is 195 g/mol. The molecule has 0 aromatic carbocycles. The van der Waals surface area contributed by atoms with Crippen LogP contribution in [0.15, 0.2) is 23.9 Å². The van der Waals surface area contributed by atoms with Gasteiger partial charge in [0.2, 0.25) is 0 Å². The number of rotatable bonds is 4. The molecule has 0 bridgehead atoms. The van der Waals surface area contributed by atoms with Crippen LogP contribution >= 0.6 is 0 Å². The summed E-state index contributed by atoms with van der Waals surface area (Å²) in [6.07, 6.45) is 9.33. The van der Waals surface area contributed by atoms with E-state index in [-0.39, 0.29) is 6.61 Å². The van der Waals surface area contributed by atoms with E-state index in [0.717, 1.165) is 19.5 Å². The summed E-state index contributed by atoms with van der Waals surface area (Å²) in [6.45, 7) is 2.53. The van der Waals surface area contributed by atoms with Gasteiger partial charge in [-0.1, -0.05) is 12.2 Å². The minimum Gasteiger partial charge on any atom is -0.394 e. The van der Waals surface area contributed by atoms with Gasteiger partial charge >= 0.3 is 0 Å². The summed E-state index contributed by atoms with van der Waals surface area (Å²) < 4.78 is 5.41. The van der Waals surface area contributed by atoms with Gasteiger partial charge in [0.15, 0.2) is 0 Å². The summed E-state index contributed by atoms with van der Waals surface area (Å²) >= 11 is 0. The molecule has 0 saturated carbocycles. The second-order valence-corrected chi connectivity index (χ2v) is 3.73. The van der Waals surface area contributed by atoms with Crippen LogP contribution in [0, 0.1) is 0 Å². The van der Waals surface area contributed by atoms with Crippen molar-refractivity contribution in [1.82, 2.24) is 4.90 Å². The van der Waals surface area contributed by atoms with Gasteiger partial charge in [0.05, 0.1) is 19.3 Å². The summed E-state index contributed by atoms with van der Waals surface area (Å²) in [5.74, 6) is 0. The first-order chi connectivity index (χ1) is 6.90. The first-order valence-corrected chi connectivity index (χ1v) is 5.24. The predicted octanol–water partition coefficient (Wildman–Crippen LogP) is 0.913. The Kier molecular flexibility index (Phi) is 3.22. The number of nitrogens with zero attached hydrogens (tertiary/aromatic N) is 1. The van der Waals surface area contributed by atoms with Crippen LogP contribution < -0.4 is 0 Å². The molecule has 0 radical (unpaired) electrons. The summed E-state index contributed by atoms with van der Waals surface area (Å²) in [4.78, 5) is 2.32. The van der Waals surface area contributed by atoms with E-state index in [1.165, 1.54) is 12.1 Å². The molecule has 1 aliphatic carbocycles. The molecule has 1 N–H and O–H groups in total. The van der Waals surface area contributed by atoms with Gasteiger partial charge < -0.3 is 14.7 Å². The van der Waals surface area contributed by atoms with Crippen LogP contribution in [-0.2, 0) is 4.74 Å². The fourth-order valence-electron chi connectivity index (χ4n) is 1.81. The minimum atomic E-state index is 0.124. The van der Waals surface area contributed by atoms with Gasteiger partial charge in [-0.25, -0.2) is 0 Å². The van der Waals surface area contributed by atoms with Crippen molar-refractivity contribution in [2.24, 2.45) is 0 Å². The SMILES string of the molecule is OCCOC1CN(C2=CCCC=C2)C1. The number of allylic oxidation sites excluding steroid dienone is 3. The predicted molar refractivity (Wildman–Crippen MR) is 54.9 cm³/mol. The molecule has 0 atom stereocenters. The molecule has 0 amide bonds. The van der Waals surface area contributed by atoms with E-state index in [2.05, 4.69) is 23.1 Å². The Morgan fingerprint density at radius 3 is 2.93 bits per heavy atom. The molecular formula is C11H17NO2. The summed E-state index contributed by atoms with van der Waals surface area (Å²) in [6, 6.07) is 0. The summed E-state index contributed by atoms with van der Waals surface area (Å²) in [5.41, 5.74) is 1.33. The van der Waals surface area contributed by atoms with Crippen LogP contribution in [0.4, 0.5) is 0 Å². The van der Waals surface area contributed by atoms with Gasteiger partial charge in [0, 0.05) is 18.8 Å². The minimum absolute atomic E-state index is 0.124. The van der Waals surface area contributed by atoms with Crippen molar-refractivity contribution in [3.63, 3.8) is 0 Å². The van der Waals surface area contributed by atoms with Crippen LogP contribution in [0.2, 0.25) is 0 Å². The Morgan fingerprint density at radius 1 is 1.43 bits per heavy atom. The highest BCUT2D eigenvalue weighted by Crippen LogP contribution is 2.21. The third-order valence-corrected chi connectivity index (χ3v) is 2.63. The maximum Gasteiger partial charge on any atom is 0.0925 e. The van der Waals surface area contributed by atoms with Crippen LogP contribution in [0.25, 0.3) is 0 Å². The van der Waals surface area contributed by atoms with Gasteiger partial charge in [-0.3, -0.25) is 0 Å². The third-order valence-electron chi connectivity index (χ3n) is 2.63.